The molecule has 0 bridgehead atoms. The molecule has 11 heteroatoms. The van der Waals surface area contributed by atoms with Gasteiger partial charge >= 0.3 is 5.56 Å². The van der Waals surface area contributed by atoms with E-state index in [4.69, 9.17) is 0 Å². The summed E-state index contributed by atoms with van der Waals surface area (Å²) < 4.78 is 2.21. The number of nitro groups is 1. The third-order valence-electron chi connectivity index (χ3n) is 5.11. The van der Waals surface area contributed by atoms with Crippen LogP contribution in [0.3, 0.4) is 0 Å². The Bertz CT molecular complexity index is 1460. The lowest BCUT2D eigenvalue weighted by Gasteiger charge is -2.14. The summed E-state index contributed by atoms with van der Waals surface area (Å²) in [6.45, 7) is 8.10. The predicted octanol–water partition coefficient (Wildman–Crippen LogP) is 6.98. The zero-order chi connectivity index (χ0) is 24.6. The first-order chi connectivity index (χ1) is 16.0. The Morgan fingerprint density at radius 3 is 2.44 bits per heavy atom. The number of benzene rings is 2. The van der Waals surface area contributed by atoms with Crippen molar-refractivity contribution >= 4 is 44.3 Å². The van der Waals surface area contributed by atoms with Crippen LogP contribution < -0.4 is 5.56 Å². The Morgan fingerprint density at radius 2 is 1.85 bits per heavy atom. The zero-order valence-electron chi connectivity index (χ0n) is 18.9. The Hall–Kier alpha value is -3.44. The molecule has 4 aromatic rings. The zero-order valence-corrected chi connectivity index (χ0v) is 21.3. The maximum Gasteiger partial charge on any atom is 0.301 e. The molecule has 1 N–H and O–H groups in total. The maximum atomic E-state index is 13.4. The third-order valence-corrected chi connectivity index (χ3v) is 6.79. The van der Waals surface area contributed by atoms with Gasteiger partial charge in [-0.25, -0.2) is 4.98 Å². The first-order valence-corrected chi connectivity index (χ1v) is 12.0. The van der Waals surface area contributed by atoms with Crippen LogP contribution in [-0.4, -0.2) is 19.7 Å². The molecular formula is C23H21BrN6O3S. The number of H-pyrrole nitrogens is 1. The van der Waals surface area contributed by atoms with Crippen LogP contribution in [0.15, 0.2) is 67.3 Å². The Balaban J connectivity index is 1.84. The van der Waals surface area contributed by atoms with Gasteiger partial charge in [0, 0.05) is 33.0 Å². The second kappa shape index (κ2) is 9.07. The second-order valence-electron chi connectivity index (χ2n) is 8.68. The van der Waals surface area contributed by atoms with Gasteiger partial charge in [0.15, 0.2) is 5.69 Å². The molecule has 2 aromatic heterocycles. The van der Waals surface area contributed by atoms with Crippen molar-refractivity contribution in [3.05, 3.63) is 84.0 Å². The Labute approximate surface area is 207 Å². The van der Waals surface area contributed by atoms with Gasteiger partial charge in [-0.2, -0.15) is 9.80 Å². The lowest BCUT2D eigenvalue weighted by Crippen LogP contribution is -2.16. The Kier molecular flexibility index (Phi) is 6.32. The van der Waals surface area contributed by atoms with E-state index in [9.17, 15) is 14.9 Å². The number of azo groups is 1. The number of aromatic nitrogens is 3. The number of hydrogen-bond acceptors (Lipinski definition) is 7. The predicted molar refractivity (Wildman–Crippen MR) is 136 cm³/mol. The topological polar surface area (TPSA) is 119 Å². The summed E-state index contributed by atoms with van der Waals surface area (Å²) in [5.74, 6) is 0. The molecule has 174 valence electrons. The highest BCUT2D eigenvalue weighted by molar-refractivity contribution is 9.10. The molecule has 0 radical (unpaired) electrons. The molecule has 0 saturated carbocycles. The van der Waals surface area contributed by atoms with Crippen LogP contribution in [0.1, 0.15) is 32.0 Å². The standard InChI is InChI=1S/C23H21BrN6O3S/c1-13-5-8-15(11-17(13)24)26-27-20-19(14-6-9-16(10-7-14)30(32)33)28-29(21(20)31)22-25-18(12-34-22)23(2,3)4/h5-12,28H,1-4H3. The SMILES string of the molecule is Cc1ccc(N=Nc2c(-c3ccc([N+](=O)[O-])cc3)[nH]n(-c3nc(C(C)(C)C)cs3)c2=O)cc1Br. The van der Waals surface area contributed by atoms with Crippen molar-refractivity contribution in [1.82, 2.24) is 14.8 Å². The molecule has 0 aliphatic rings. The van der Waals surface area contributed by atoms with Crippen molar-refractivity contribution in [2.45, 2.75) is 33.1 Å². The highest BCUT2D eigenvalue weighted by Gasteiger charge is 2.22. The van der Waals surface area contributed by atoms with Crippen LogP contribution in [0, 0.1) is 17.0 Å². The lowest BCUT2D eigenvalue weighted by atomic mass is 9.93. The number of halogens is 1. The largest absolute Gasteiger partial charge is 0.301 e. The van der Waals surface area contributed by atoms with Crippen LogP contribution in [0.25, 0.3) is 16.4 Å². The van der Waals surface area contributed by atoms with Gasteiger partial charge < -0.3 is 0 Å². The number of non-ortho nitro benzene ring substituents is 1. The molecule has 0 fully saturated rings. The van der Waals surface area contributed by atoms with E-state index in [0.29, 0.717) is 22.1 Å². The van der Waals surface area contributed by atoms with Crippen molar-refractivity contribution in [1.29, 1.82) is 0 Å². The van der Waals surface area contributed by atoms with E-state index in [0.717, 1.165) is 15.7 Å². The average molecular weight is 541 g/mol. The number of nitrogens with one attached hydrogen (secondary N) is 1. The van der Waals surface area contributed by atoms with Crippen molar-refractivity contribution < 1.29 is 4.92 Å². The fraction of sp³-hybridized carbons (Fsp3) is 0.217. The van der Waals surface area contributed by atoms with Gasteiger partial charge in [-0.15, -0.1) is 16.5 Å². The number of aryl methyl sites for hydroxylation is 1. The van der Waals surface area contributed by atoms with Gasteiger partial charge in [-0.1, -0.05) is 42.8 Å². The van der Waals surface area contributed by atoms with Crippen LogP contribution >= 0.6 is 27.3 Å². The summed E-state index contributed by atoms with van der Waals surface area (Å²) >= 11 is 4.81. The summed E-state index contributed by atoms with van der Waals surface area (Å²) in [6.07, 6.45) is 0. The van der Waals surface area contributed by atoms with Crippen LogP contribution in [0.2, 0.25) is 0 Å². The van der Waals surface area contributed by atoms with Gasteiger partial charge in [-0.3, -0.25) is 20.0 Å². The number of rotatable bonds is 5. The van der Waals surface area contributed by atoms with Crippen molar-refractivity contribution in [2.24, 2.45) is 10.2 Å². The summed E-state index contributed by atoms with van der Waals surface area (Å²) in [5, 5.41) is 25.0. The van der Waals surface area contributed by atoms with E-state index in [1.165, 1.54) is 28.2 Å². The van der Waals surface area contributed by atoms with Gasteiger partial charge in [0.05, 0.1) is 22.0 Å². The fourth-order valence-corrected chi connectivity index (χ4v) is 4.45. The van der Waals surface area contributed by atoms with E-state index in [1.807, 2.05) is 45.2 Å². The minimum Gasteiger partial charge on any atom is -0.286 e. The van der Waals surface area contributed by atoms with Crippen molar-refractivity contribution in [2.75, 3.05) is 0 Å². The molecule has 0 spiro atoms. The van der Waals surface area contributed by atoms with E-state index < -0.39 is 10.5 Å². The minimum atomic E-state index is -0.475. The van der Waals surface area contributed by atoms with Crippen molar-refractivity contribution in [3.8, 4) is 16.4 Å². The molecule has 0 unspecified atom stereocenters. The molecule has 0 atom stereocenters. The first kappa shape index (κ1) is 23.7. The van der Waals surface area contributed by atoms with E-state index in [2.05, 4.69) is 36.2 Å². The quantitative estimate of drug-likeness (QED) is 0.167. The Morgan fingerprint density at radius 1 is 1.15 bits per heavy atom. The molecule has 2 heterocycles. The van der Waals surface area contributed by atoms with Gasteiger partial charge in [0.1, 0.15) is 0 Å². The summed E-state index contributed by atoms with van der Waals surface area (Å²) in [4.78, 5) is 28.6. The molecule has 9 nitrogen and oxygen atoms in total. The van der Waals surface area contributed by atoms with Gasteiger partial charge in [0.25, 0.3) is 5.69 Å². The van der Waals surface area contributed by atoms with Gasteiger partial charge in [0.2, 0.25) is 5.13 Å². The summed E-state index contributed by atoms with van der Waals surface area (Å²) in [5.41, 5.74) is 2.88. The summed E-state index contributed by atoms with van der Waals surface area (Å²) in [6, 6.07) is 11.4. The summed E-state index contributed by atoms with van der Waals surface area (Å²) in [7, 11) is 0. The fourth-order valence-electron chi connectivity index (χ4n) is 3.07. The molecule has 0 aliphatic heterocycles. The van der Waals surface area contributed by atoms with Gasteiger partial charge in [-0.05, 0) is 36.8 Å². The molecule has 34 heavy (non-hydrogen) atoms. The highest BCUT2D eigenvalue weighted by atomic mass is 79.9. The van der Waals surface area contributed by atoms with Crippen LogP contribution in [0.4, 0.5) is 17.1 Å². The molecule has 4 rings (SSSR count). The number of hydrogen-bond donors (Lipinski definition) is 1. The van der Waals surface area contributed by atoms with Crippen molar-refractivity contribution in [3.63, 3.8) is 0 Å². The number of nitrogens with zero attached hydrogens (tertiary/aromatic N) is 5. The van der Waals surface area contributed by atoms with Crippen LogP contribution in [0.5, 0.6) is 0 Å². The maximum absolute atomic E-state index is 13.4. The van der Waals surface area contributed by atoms with E-state index >= 15 is 0 Å². The monoisotopic (exact) mass is 540 g/mol. The molecule has 0 saturated heterocycles. The molecular weight excluding hydrogens is 520 g/mol. The molecule has 2 aromatic carbocycles. The highest BCUT2D eigenvalue weighted by Crippen LogP contribution is 2.32. The smallest absolute Gasteiger partial charge is 0.286 e. The molecule has 0 aliphatic carbocycles. The minimum absolute atomic E-state index is 0.0482. The van der Waals surface area contributed by atoms with E-state index in [-0.39, 0.29) is 16.8 Å². The second-order valence-corrected chi connectivity index (χ2v) is 10.4. The number of aromatic amines is 1. The number of nitro benzene ring substituents is 1. The normalized spacial score (nSPS) is 11.9. The van der Waals surface area contributed by atoms with Crippen LogP contribution in [-0.2, 0) is 5.41 Å². The first-order valence-electron chi connectivity index (χ1n) is 10.3. The number of thiazole rings is 1. The third kappa shape index (κ3) is 4.75. The lowest BCUT2D eigenvalue weighted by molar-refractivity contribution is -0.384. The van der Waals surface area contributed by atoms with E-state index in [1.54, 1.807) is 18.2 Å². The molecule has 0 amide bonds. The average Bonchev–Trinajstić information content (AvgIpc) is 3.40.